The molecule has 0 unspecified atom stereocenters. The van der Waals surface area contributed by atoms with E-state index in [-0.39, 0.29) is 12.6 Å². The Bertz CT molecular complexity index is 1680. The number of ether oxygens (including phenoxy) is 4. The molecule has 0 aliphatic heterocycles. The van der Waals surface area contributed by atoms with Crippen LogP contribution < -0.4 is 14.2 Å². The monoisotopic (exact) mass is 589 g/mol. The van der Waals surface area contributed by atoms with Gasteiger partial charge < -0.3 is 23.5 Å². The zero-order chi connectivity index (χ0) is 30.3. The first-order valence-electron chi connectivity index (χ1n) is 15.5. The van der Waals surface area contributed by atoms with Crippen LogP contribution in [-0.4, -0.2) is 29.9 Å². The topological polar surface area (TPSA) is 58.9 Å². The molecule has 0 atom stereocenters. The summed E-state index contributed by atoms with van der Waals surface area (Å²) in [7, 11) is 0. The first kappa shape index (κ1) is 29.4. The fourth-order valence-electron chi connectivity index (χ4n) is 5.98. The molecule has 1 aliphatic rings. The summed E-state index contributed by atoms with van der Waals surface area (Å²) in [5.74, 6) is 2.03. The lowest BCUT2D eigenvalue weighted by Gasteiger charge is -2.15. The van der Waals surface area contributed by atoms with Gasteiger partial charge in [0, 0.05) is 17.4 Å². The average Bonchev–Trinajstić information content (AvgIpc) is 3.66. The maximum absolute atomic E-state index is 11.7. The third-order valence-corrected chi connectivity index (χ3v) is 8.20. The summed E-state index contributed by atoms with van der Waals surface area (Å²) in [5, 5.41) is 1.16. The molecule has 6 rings (SSSR count). The highest BCUT2D eigenvalue weighted by molar-refractivity contribution is 5.92. The van der Waals surface area contributed by atoms with E-state index >= 15 is 0 Å². The van der Waals surface area contributed by atoms with E-state index in [2.05, 4.69) is 66.1 Å². The van der Waals surface area contributed by atoms with Gasteiger partial charge in [-0.25, -0.2) is 4.79 Å². The minimum Gasteiger partial charge on any atom is -0.490 e. The number of hydrogen-bond acceptors (Lipinski definition) is 5. The van der Waals surface area contributed by atoms with Crippen LogP contribution in [0, 0.1) is 6.92 Å². The normalized spacial score (nSPS) is 13.2. The molecule has 0 bridgehead atoms. The molecule has 0 radical (unpaired) electrons. The average molecular weight is 590 g/mol. The van der Waals surface area contributed by atoms with Gasteiger partial charge >= 0.3 is 5.97 Å². The Morgan fingerprint density at radius 1 is 0.795 bits per heavy atom. The van der Waals surface area contributed by atoms with Crippen LogP contribution in [0.4, 0.5) is 0 Å². The van der Waals surface area contributed by atoms with E-state index in [1.54, 1.807) is 6.92 Å². The molecule has 1 fully saturated rings. The fourth-order valence-corrected chi connectivity index (χ4v) is 5.98. The molecule has 1 aliphatic carbocycles. The molecule has 0 spiro atoms. The highest BCUT2D eigenvalue weighted by Gasteiger charge is 2.19. The number of hydrogen-bond donors (Lipinski definition) is 0. The Balaban J connectivity index is 1.29. The predicted octanol–water partition coefficient (Wildman–Crippen LogP) is 8.51. The Morgan fingerprint density at radius 2 is 1.50 bits per heavy atom. The number of benzene rings is 4. The van der Waals surface area contributed by atoms with Gasteiger partial charge in [0.05, 0.1) is 18.4 Å². The third kappa shape index (κ3) is 6.91. The van der Waals surface area contributed by atoms with E-state index < -0.39 is 0 Å². The molecule has 226 valence electrons. The smallest absolute Gasteiger partial charge is 0.344 e. The van der Waals surface area contributed by atoms with Gasteiger partial charge in [-0.05, 0) is 116 Å². The van der Waals surface area contributed by atoms with Crippen LogP contribution >= 0.6 is 0 Å². The first-order chi connectivity index (χ1) is 21.6. The molecule has 1 saturated carbocycles. The van der Waals surface area contributed by atoms with Crippen LogP contribution in [0.15, 0.2) is 97.1 Å². The van der Waals surface area contributed by atoms with Gasteiger partial charge in [-0.1, -0.05) is 42.5 Å². The Labute approximate surface area is 259 Å². The molecule has 0 saturated heterocycles. The predicted molar refractivity (Wildman–Crippen MR) is 173 cm³/mol. The van der Waals surface area contributed by atoms with Crippen molar-refractivity contribution in [2.75, 3.05) is 13.2 Å². The van der Waals surface area contributed by atoms with E-state index in [1.807, 2.05) is 42.5 Å². The number of carbonyl (C=O) groups excluding carboxylic acids is 1. The van der Waals surface area contributed by atoms with Crippen LogP contribution in [0.1, 0.15) is 49.3 Å². The molecule has 44 heavy (non-hydrogen) atoms. The number of aromatic nitrogens is 1. The van der Waals surface area contributed by atoms with Crippen LogP contribution in [0.3, 0.4) is 0 Å². The van der Waals surface area contributed by atoms with Crippen molar-refractivity contribution in [2.24, 2.45) is 0 Å². The second-order valence-corrected chi connectivity index (χ2v) is 11.3. The van der Waals surface area contributed by atoms with Crippen molar-refractivity contribution >= 4 is 16.9 Å². The van der Waals surface area contributed by atoms with E-state index in [1.165, 1.54) is 18.4 Å². The van der Waals surface area contributed by atoms with Gasteiger partial charge in [0.15, 0.2) is 6.61 Å². The summed E-state index contributed by atoms with van der Waals surface area (Å²) in [6.07, 6.45) is 5.09. The molecule has 4 aromatic carbocycles. The van der Waals surface area contributed by atoms with Crippen molar-refractivity contribution in [1.82, 2.24) is 4.57 Å². The largest absolute Gasteiger partial charge is 0.490 e. The Kier molecular flexibility index (Phi) is 9.16. The molecular formula is C38H39NO5. The minimum atomic E-state index is -0.373. The van der Waals surface area contributed by atoms with E-state index in [4.69, 9.17) is 18.9 Å². The van der Waals surface area contributed by atoms with E-state index in [0.29, 0.717) is 31.6 Å². The van der Waals surface area contributed by atoms with Crippen molar-refractivity contribution in [3.8, 4) is 28.5 Å². The van der Waals surface area contributed by atoms with Crippen molar-refractivity contribution < 1.29 is 23.7 Å². The standard InChI is InChI=1S/C38H39NO5/c1-3-41-37(40)26-43-31-17-13-28(14-18-31)24-39-36-22-21-34(42-25-29-9-5-4-6-10-29)23-35(36)27(2)38(39)30-15-19-33(20-16-30)44-32-11-7-8-12-32/h4-6,9-10,13-23,32H,3,7-8,11-12,24-26H2,1-2H3. The van der Waals surface area contributed by atoms with Gasteiger partial charge in [0.25, 0.3) is 0 Å². The zero-order valence-corrected chi connectivity index (χ0v) is 25.5. The minimum absolute atomic E-state index is 0.103. The quantitative estimate of drug-likeness (QED) is 0.137. The van der Waals surface area contributed by atoms with Crippen molar-refractivity contribution in [1.29, 1.82) is 0 Å². The van der Waals surface area contributed by atoms with Crippen LogP contribution in [0.5, 0.6) is 17.2 Å². The number of esters is 1. The number of fused-ring (bicyclic) bond motifs is 1. The fraction of sp³-hybridized carbons (Fsp3) is 0.289. The molecular weight excluding hydrogens is 550 g/mol. The first-order valence-corrected chi connectivity index (χ1v) is 15.5. The number of nitrogens with zero attached hydrogens (tertiary/aromatic N) is 1. The molecule has 6 nitrogen and oxygen atoms in total. The van der Waals surface area contributed by atoms with Gasteiger partial charge in [0.2, 0.25) is 0 Å². The Morgan fingerprint density at radius 3 is 2.23 bits per heavy atom. The highest BCUT2D eigenvalue weighted by Crippen LogP contribution is 2.37. The van der Waals surface area contributed by atoms with Crippen LogP contribution in [0.25, 0.3) is 22.2 Å². The lowest BCUT2D eigenvalue weighted by atomic mass is 10.1. The molecule has 0 amide bonds. The second-order valence-electron chi connectivity index (χ2n) is 11.3. The maximum atomic E-state index is 11.7. The second kappa shape index (κ2) is 13.7. The highest BCUT2D eigenvalue weighted by atomic mass is 16.6. The molecule has 6 heteroatoms. The number of aryl methyl sites for hydroxylation is 1. The Hall–Kier alpha value is -4.71. The van der Waals surface area contributed by atoms with Crippen molar-refractivity contribution in [3.05, 3.63) is 114 Å². The van der Waals surface area contributed by atoms with Crippen molar-refractivity contribution in [2.45, 2.75) is 58.8 Å². The van der Waals surface area contributed by atoms with Gasteiger partial charge in [-0.2, -0.15) is 0 Å². The summed E-state index contributed by atoms with van der Waals surface area (Å²) in [4.78, 5) is 11.7. The van der Waals surface area contributed by atoms with Gasteiger partial charge in [-0.3, -0.25) is 0 Å². The zero-order valence-electron chi connectivity index (χ0n) is 25.5. The van der Waals surface area contributed by atoms with Gasteiger partial charge in [-0.15, -0.1) is 0 Å². The molecule has 0 N–H and O–H groups in total. The van der Waals surface area contributed by atoms with Crippen LogP contribution in [-0.2, 0) is 22.7 Å². The molecule has 5 aromatic rings. The lowest BCUT2D eigenvalue weighted by molar-refractivity contribution is -0.145. The number of rotatable bonds is 12. The summed E-state index contributed by atoms with van der Waals surface area (Å²) < 4.78 is 25.4. The summed E-state index contributed by atoms with van der Waals surface area (Å²) in [5.41, 5.74) is 6.89. The summed E-state index contributed by atoms with van der Waals surface area (Å²) >= 11 is 0. The molecule has 1 heterocycles. The van der Waals surface area contributed by atoms with Gasteiger partial charge in [0.1, 0.15) is 23.9 Å². The number of carbonyl (C=O) groups is 1. The summed E-state index contributed by atoms with van der Waals surface area (Å²) in [6, 6.07) is 33.0. The third-order valence-electron chi connectivity index (χ3n) is 8.20. The maximum Gasteiger partial charge on any atom is 0.344 e. The van der Waals surface area contributed by atoms with Crippen LogP contribution in [0.2, 0.25) is 0 Å². The van der Waals surface area contributed by atoms with E-state index in [9.17, 15) is 4.79 Å². The van der Waals surface area contributed by atoms with Crippen molar-refractivity contribution in [3.63, 3.8) is 0 Å². The van der Waals surface area contributed by atoms with E-state index in [0.717, 1.165) is 57.6 Å². The lowest BCUT2D eigenvalue weighted by Crippen LogP contribution is -2.14. The SMILES string of the molecule is CCOC(=O)COc1ccc(Cn2c(-c3ccc(OC4CCCC4)cc3)c(C)c3cc(OCc4ccccc4)ccc32)cc1. The summed E-state index contributed by atoms with van der Waals surface area (Å²) in [6.45, 7) is 5.39. The molecule has 1 aromatic heterocycles.